The number of amides is 1. The molecule has 0 bridgehead atoms. The van der Waals surface area contributed by atoms with E-state index in [0.29, 0.717) is 5.01 Å². The van der Waals surface area contributed by atoms with Crippen LogP contribution in [0.3, 0.4) is 0 Å². The second-order valence-corrected chi connectivity index (χ2v) is 1.98. The molecule has 0 unspecified atom stereocenters. The summed E-state index contributed by atoms with van der Waals surface area (Å²) in [5.41, 5.74) is 0. The van der Waals surface area contributed by atoms with E-state index in [2.05, 4.69) is 20.7 Å². The van der Waals surface area contributed by atoms with Gasteiger partial charge in [-0.25, -0.2) is 10.6 Å². The van der Waals surface area contributed by atoms with Crippen LogP contribution in [0.2, 0.25) is 0 Å². The highest BCUT2D eigenvalue weighted by molar-refractivity contribution is 9.09. The zero-order chi connectivity index (χ0) is 8.15. The number of alkyl halides is 1. The Morgan fingerprint density at radius 1 is 1.90 bits per heavy atom. The number of hydrazine groups is 1. The van der Waals surface area contributed by atoms with Crippen LogP contribution in [0.1, 0.15) is 0 Å². The fourth-order valence-corrected chi connectivity index (χ4v) is 0.543. The standard InChI is InChI=1S/C4H8BrN3O2/c1-10-4(9)8(7)3(6)2-5/h6H,2,7H2,1H3. The van der Waals surface area contributed by atoms with Crippen molar-refractivity contribution in [3.63, 3.8) is 0 Å². The van der Waals surface area contributed by atoms with Gasteiger partial charge >= 0.3 is 6.09 Å². The zero-order valence-electron chi connectivity index (χ0n) is 5.43. The Morgan fingerprint density at radius 3 is 2.70 bits per heavy atom. The fraction of sp³-hybridized carbons (Fsp3) is 0.500. The normalized spacial score (nSPS) is 8.70. The number of halogens is 1. The second kappa shape index (κ2) is 4.24. The SMILES string of the molecule is COC(=O)N(N)C(=N)CBr. The average molecular weight is 210 g/mol. The number of carbonyl (C=O) groups is 1. The third-order valence-corrected chi connectivity index (χ3v) is 1.32. The third-order valence-electron chi connectivity index (χ3n) is 0.789. The van der Waals surface area contributed by atoms with Crippen LogP contribution in [0.25, 0.3) is 0 Å². The molecule has 0 radical (unpaired) electrons. The van der Waals surface area contributed by atoms with Crippen LogP contribution in [0, 0.1) is 5.41 Å². The van der Waals surface area contributed by atoms with Crippen LogP contribution in [-0.4, -0.2) is 29.4 Å². The molecule has 10 heavy (non-hydrogen) atoms. The number of methoxy groups -OCH3 is 1. The first-order valence-corrected chi connectivity index (χ1v) is 3.51. The topological polar surface area (TPSA) is 79.4 Å². The molecule has 0 aliphatic rings. The molecular formula is C4H8BrN3O2. The lowest BCUT2D eigenvalue weighted by atomic mass is 10.6. The molecule has 0 aliphatic heterocycles. The molecule has 0 saturated carbocycles. The minimum Gasteiger partial charge on any atom is -0.452 e. The average Bonchev–Trinajstić information content (AvgIpc) is 2.00. The molecule has 3 N–H and O–H groups in total. The Balaban J connectivity index is 3.94. The van der Waals surface area contributed by atoms with Crippen LogP contribution < -0.4 is 5.84 Å². The molecule has 0 rings (SSSR count). The number of rotatable bonds is 1. The number of amidine groups is 1. The van der Waals surface area contributed by atoms with Crippen molar-refractivity contribution in [3.05, 3.63) is 0 Å². The zero-order valence-corrected chi connectivity index (χ0v) is 7.01. The lowest BCUT2D eigenvalue weighted by Crippen LogP contribution is -2.42. The maximum atomic E-state index is 10.5. The number of carbonyl (C=O) groups excluding carboxylic acids is 1. The number of nitrogens with two attached hydrogens (primary N) is 1. The number of hydrogen-bond acceptors (Lipinski definition) is 4. The van der Waals surface area contributed by atoms with Gasteiger partial charge in [0.15, 0.2) is 0 Å². The number of hydrogen-bond donors (Lipinski definition) is 2. The van der Waals surface area contributed by atoms with Crippen molar-refractivity contribution in [2.45, 2.75) is 0 Å². The third kappa shape index (κ3) is 2.32. The summed E-state index contributed by atoms with van der Waals surface area (Å²) in [4.78, 5) is 10.5. The van der Waals surface area contributed by atoms with E-state index in [1.807, 2.05) is 0 Å². The van der Waals surface area contributed by atoms with Gasteiger partial charge in [-0.05, 0) is 0 Å². The van der Waals surface area contributed by atoms with Crippen molar-refractivity contribution < 1.29 is 9.53 Å². The molecule has 0 heterocycles. The maximum Gasteiger partial charge on any atom is 0.429 e. The first kappa shape index (κ1) is 9.38. The van der Waals surface area contributed by atoms with E-state index < -0.39 is 6.09 Å². The van der Waals surface area contributed by atoms with Crippen LogP contribution >= 0.6 is 15.9 Å². The Kier molecular flexibility index (Phi) is 3.97. The number of ether oxygens (including phenoxy) is 1. The van der Waals surface area contributed by atoms with Gasteiger partial charge in [-0.1, -0.05) is 15.9 Å². The van der Waals surface area contributed by atoms with E-state index in [-0.39, 0.29) is 11.2 Å². The van der Waals surface area contributed by atoms with Crippen molar-refractivity contribution in [2.24, 2.45) is 5.84 Å². The van der Waals surface area contributed by atoms with Crippen LogP contribution in [-0.2, 0) is 4.74 Å². The van der Waals surface area contributed by atoms with E-state index in [4.69, 9.17) is 11.3 Å². The van der Waals surface area contributed by atoms with E-state index in [1.165, 1.54) is 7.11 Å². The van der Waals surface area contributed by atoms with Crippen molar-refractivity contribution in [1.29, 1.82) is 5.41 Å². The van der Waals surface area contributed by atoms with Gasteiger partial charge in [0, 0.05) is 0 Å². The Morgan fingerprint density at radius 2 is 2.40 bits per heavy atom. The molecule has 5 nitrogen and oxygen atoms in total. The second-order valence-electron chi connectivity index (χ2n) is 1.42. The summed E-state index contributed by atoms with van der Waals surface area (Å²) in [6.45, 7) is 0. The summed E-state index contributed by atoms with van der Waals surface area (Å²) in [5, 5.41) is 7.87. The van der Waals surface area contributed by atoms with E-state index >= 15 is 0 Å². The highest BCUT2D eigenvalue weighted by atomic mass is 79.9. The largest absolute Gasteiger partial charge is 0.452 e. The Hall–Kier alpha value is -0.620. The number of nitrogens with zero attached hydrogens (tertiary/aromatic N) is 1. The Labute approximate surface area is 66.7 Å². The first-order valence-electron chi connectivity index (χ1n) is 2.39. The molecule has 0 aromatic heterocycles. The van der Waals surface area contributed by atoms with Crippen molar-refractivity contribution >= 4 is 27.9 Å². The highest BCUT2D eigenvalue weighted by Crippen LogP contribution is 1.90. The van der Waals surface area contributed by atoms with Gasteiger partial charge in [0.1, 0.15) is 5.84 Å². The van der Waals surface area contributed by atoms with Gasteiger partial charge in [0.25, 0.3) is 0 Å². The minimum absolute atomic E-state index is 0.0492. The smallest absolute Gasteiger partial charge is 0.429 e. The van der Waals surface area contributed by atoms with Crippen molar-refractivity contribution in [3.8, 4) is 0 Å². The molecule has 0 aliphatic carbocycles. The molecule has 0 saturated heterocycles. The highest BCUT2D eigenvalue weighted by Gasteiger charge is 2.12. The maximum absolute atomic E-state index is 10.5. The molecule has 0 fully saturated rings. The summed E-state index contributed by atoms with van der Waals surface area (Å²) in [6.07, 6.45) is -0.746. The molecule has 58 valence electrons. The van der Waals surface area contributed by atoms with Gasteiger partial charge in [-0.15, -0.1) is 0 Å². The van der Waals surface area contributed by atoms with Gasteiger partial charge in [-0.3, -0.25) is 5.41 Å². The minimum atomic E-state index is -0.746. The van der Waals surface area contributed by atoms with Gasteiger partial charge in [0.05, 0.1) is 12.4 Å². The predicted molar refractivity (Wildman–Crippen MR) is 40.0 cm³/mol. The molecule has 0 atom stereocenters. The predicted octanol–water partition coefficient (Wildman–Crippen LogP) is 0.301. The molecule has 6 heteroatoms. The molecule has 1 amide bonds. The summed E-state index contributed by atoms with van der Waals surface area (Å²) in [5.74, 6) is 5.04. The summed E-state index contributed by atoms with van der Waals surface area (Å²) >= 11 is 2.96. The van der Waals surface area contributed by atoms with Gasteiger partial charge in [0.2, 0.25) is 0 Å². The molecular weight excluding hydrogens is 202 g/mol. The first-order chi connectivity index (χ1) is 4.63. The Bertz CT molecular complexity index is 133. The van der Waals surface area contributed by atoms with Gasteiger partial charge < -0.3 is 4.74 Å². The lowest BCUT2D eigenvalue weighted by molar-refractivity contribution is 0.146. The van der Waals surface area contributed by atoms with Crippen molar-refractivity contribution in [1.82, 2.24) is 5.01 Å². The van der Waals surface area contributed by atoms with Crippen LogP contribution in [0.4, 0.5) is 4.79 Å². The fourth-order valence-electron chi connectivity index (χ4n) is 0.273. The summed E-state index contributed by atoms with van der Waals surface area (Å²) < 4.78 is 4.24. The van der Waals surface area contributed by atoms with Crippen molar-refractivity contribution in [2.75, 3.05) is 12.4 Å². The number of nitrogens with one attached hydrogen (secondary N) is 1. The van der Waals surface area contributed by atoms with E-state index in [1.54, 1.807) is 0 Å². The van der Waals surface area contributed by atoms with Crippen LogP contribution in [0.15, 0.2) is 0 Å². The van der Waals surface area contributed by atoms with E-state index in [9.17, 15) is 4.79 Å². The molecule has 0 aromatic carbocycles. The monoisotopic (exact) mass is 209 g/mol. The lowest BCUT2D eigenvalue weighted by Gasteiger charge is -2.12. The summed E-state index contributed by atoms with van der Waals surface area (Å²) in [6, 6.07) is 0. The summed E-state index contributed by atoms with van der Waals surface area (Å²) in [7, 11) is 1.20. The van der Waals surface area contributed by atoms with E-state index in [0.717, 1.165) is 0 Å². The van der Waals surface area contributed by atoms with Gasteiger partial charge in [-0.2, -0.15) is 5.01 Å². The molecule has 0 spiro atoms. The van der Waals surface area contributed by atoms with Crippen LogP contribution in [0.5, 0.6) is 0 Å². The molecule has 0 aromatic rings. The quantitative estimate of drug-likeness (QED) is 0.163.